The molecular weight excluding hydrogens is 268 g/mol. The van der Waals surface area contributed by atoms with Crippen molar-refractivity contribution in [2.75, 3.05) is 30.3 Å². The number of rotatable bonds is 4. The molecule has 1 heterocycles. The van der Waals surface area contributed by atoms with Gasteiger partial charge >= 0.3 is 5.97 Å². The highest BCUT2D eigenvalue weighted by molar-refractivity contribution is 5.99. The average Bonchev–Trinajstić information content (AvgIpc) is 2.47. The Morgan fingerprint density at radius 1 is 1.48 bits per heavy atom. The van der Waals surface area contributed by atoms with E-state index < -0.39 is 0 Å². The molecule has 0 saturated carbocycles. The van der Waals surface area contributed by atoms with Gasteiger partial charge in [0.25, 0.3) is 0 Å². The van der Waals surface area contributed by atoms with Crippen LogP contribution in [0.3, 0.4) is 0 Å². The van der Waals surface area contributed by atoms with E-state index in [0.717, 1.165) is 31.6 Å². The summed E-state index contributed by atoms with van der Waals surface area (Å²) < 4.78 is 5.11. The first-order valence-electron chi connectivity index (χ1n) is 7.53. The molecule has 1 aliphatic heterocycles. The van der Waals surface area contributed by atoms with Crippen molar-refractivity contribution >= 4 is 17.3 Å². The molecule has 5 heteroatoms. The summed E-state index contributed by atoms with van der Waals surface area (Å²) in [5.74, 6) is -0.0188. The molecule has 0 amide bonds. The topological polar surface area (TPSA) is 75.8 Å². The minimum Gasteiger partial charge on any atom is -0.462 e. The van der Waals surface area contributed by atoms with E-state index in [-0.39, 0.29) is 12.1 Å². The van der Waals surface area contributed by atoms with Crippen molar-refractivity contribution in [3.05, 3.63) is 23.8 Å². The molecule has 0 aromatic heterocycles. The third-order valence-electron chi connectivity index (χ3n) is 4.10. The van der Waals surface area contributed by atoms with Gasteiger partial charge < -0.3 is 20.5 Å². The third-order valence-corrected chi connectivity index (χ3v) is 4.10. The van der Waals surface area contributed by atoms with Crippen molar-refractivity contribution in [1.29, 1.82) is 0 Å². The Bertz CT molecular complexity index is 494. The summed E-state index contributed by atoms with van der Waals surface area (Å²) in [6, 6.07) is 5.33. The lowest BCUT2D eigenvalue weighted by molar-refractivity contribution is 0.0526. The molecule has 2 rings (SSSR count). The van der Waals surface area contributed by atoms with Crippen LogP contribution in [0, 0.1) is 5.92 Å². The molecule has 1 saturated heterocycles. The van der Waals surface area contributed by atoms with Gasteiger partial charge in [0.15, 0.2) is 0 Å². The molecule has 1 atom stereocenters. The Kier molecular flexibility index (Phi) is 5.07. The number of esters is 1. The molecule has 3 N–H and O–H groups in total. The van der Waals surface area contributed by atoms with Crippen molar-refractivity contribution in [3.63, 3.8) is 0 Å². The first-order chi connectivity index (χ1) is 10.0. The summed E-state index contributed by atoms with van der Waals surface area (Å²) in [5, 5.41) is 9.68. The fourth-order valence-electron chi connectivity index (χ4n) is 2.89. The summed E-state index contributed by atoms with van der Waals surface area (Å²) in [5.41, 5.74) is 7.96. The molecule has 0 aliphatic carbocycles. The number of carbonyl (C=O) groups excluding carboxylic acids is 1. The molecule has 1 aromatic rings. The van der Waals surface area contributed by atoms with Gasteiger partial charge in [-0.3, -0.25) is 0 Å². The molecule has 21 heavy (non-hydrogen) atoms. The zero-order valence-electron chi connectivity index (χ0n) is 12.7. The standard InChI is InChI=1S/C16H24N2O3/c1-3-21-16(20)13-5-4-6-14(17)15(13)18-9-7-12(8-10-18)11(2)19/h4-6,11-12,19H,3,7-10,17H2,1-2H3. The Morgan fingerprint density at radius 2 is 2.14 bits per heavy atom. The molecule has 1 fully saturated rings. The van der Waals surface area contributed by atoms with Crippen LogP contribution >= 0.6 is 0 Å². The van der Waals surface area contributed by atoms with Crippen LogP contribution in [0.2, 0.25) is 0 Å². The number of anilines is 2. The van der Waals surface area contributed by atoms with Crippen molar-refractivity contribution in [2.24, 2.45) is 5.92 Å². The predicted molar refractivity (Wildman–Crippen MR) is 83.4 cm³/mol. The minimum absolute atomic E-state index is 0.287. The fourth-order valence-corrected chi connectivity index (χ4v) is 2.89. The number of aliphatic hydroxyl groups is 1. The number of para-hydroxylation sites is 1. The molecule has 1 aromatic carbocycles. The second-order valence-electron chi connectivity index (χ2n) is 5.53. The van der Waals surface area contributed by atoms with Gasteiger partial charge in [-0.15, -0.1) is 0 Å². The van der Waals surface area contributed by atoms with Gasteiger partial charge in [0.1, 0.15) is 0 Å². The number of benzene rings is 1. The van der Waals surface area contributed by atoms with Gasteiger partial charge in [0.2, 0.25) is 0 Å². The largest absolute Gasteiger partial charge is 0.462 e. The molecule has 1 aliphatic rings. The maximum absolute atomic E-state index is 12.1. The number of hydrogen-bond acceptors (Lipinski definition) is 5. The molecule has 5 nitrogen and oxygen atoms in total. The van der Waals surface area contributed by atoms with Gasteiger partial charge in [-0.1, -0.05) is 6.07 Å². The van der Waals surface area contributed by atoms with Crippen molar-refractivity contribution in [1.82, 2.24) is 0 Å². The van der Waals surface area contributed by atoms with Crippen LogP contribution in [0.15, 0.2) is 18.2 Å². The number of aliphatic hydroxyl groups excluding tert-OH is 1. The van der Waals surface area contributed by atoms with Crippen LogP contribution < -0.4 is 10.6 Å². The summed E-state index contributed by atoms with van der Waals surface area (Å²) in [6.45, 7) is 5.54. The van der Waals surface area contributed by atoms with E-state index in [0.29, 0.717) is 23.8 Å². The van der Waals surface area contributed by atoms with Gasteiger partial charge in [-0.05, 0) is 44.7 Å². The summed E-state index contributed by atoms with van der Waals surface area (Å²) >= 11 is 0. The number of nitrogens with zero attached hydrogens (tertiary/aromatic N) is 1. The van der Waals surface area contributed by atoms with Crippen LogP contribution in [-0.4, -0.2) is 36.9 Å². The van der Waals surface area contributed by atoms with Crippen LogP contribution in [0.25, 0.3) is 0 Å². The van der Waals surface area contributed by atoms with Crippen molar-refractivity contribution in [2.45, 2.75) is 32.8 Å². The summed E-state index contributed by atoms with van der Waals surface area (Å²) in [4.78, 5) is 14.2. The second kappa shape index (κ2) is 6.80. The molecule has 1 unspecified atom stereocenters. The molecule has 0 bridgehead atoms. The van der Waals surface area contributed by atoms with Crippen LogP contribution in [0.1, 0.15) is 37.0 Å². The number of nitrogens with two attached hydrogens (primary N) is 1. The minimum atomic E-state index is -0.336. The van der Waals surface area contributed by atoms with E-state index in [9.17, 15) is 9.90 Å². The lowest BCUT2D eigenvalue weighted by Gasteiger charge is -2.36. The zero-order valence-corrected chi connectivity index (χ0v) is 12.7. The molecular formula is C16H24N2O3. The van der Waals surface area contributed by atoms with Crippen LogP contribution in [0.5, 0.6) is 0 Å². The van der Waals surface area contributed by atoms with E-state index in [1.54, 1.807) is 25.1 Å². The predicted octanol–water partition coefficient (Wildman–Crippen LogP) is 2.04. The third kappa shape index (κ3) is 3.47. The number of hydrogen-bond donors (Lipinski definition) is 2. The van der Waals surface area contributed by atoms with Crippen LogP contribution in [0.4, 0.5) is 11.4 Å². The smallest absolute Gasteiger partial charge is 0.340 e. The Hall–Kier alpha value is -1.75. The van der Waals surface area contributed by atoms with Gasteiger partial charge in [-0.2, -0.15) is 0 Å². The van der Waals surface area contributed by atoms with Crippen LogP contribution in [-0.2, 0) is 4.74 Å². The molecule has 0 spiro atoms. The zero-order chi connectivity index (χ0) is 15.4. The Morgan fingerprint density at radius 3 is 2.71 bits per heavy atom. The van der Waals surface area contributed by atoms with E-state index in [1.165, 1.54) is 0 Å². The number of nitrogen functional groups attached to an aromatic ring is 1. The molecule has 116 valence electrons. The highest BCUT2D eigenvalue weighted by atomic mass is 16.5. The first-order valence-corrected chi connectivity index (χ1v) is 7.53. The fraction of sp³-hybridized carbons (Fsp3) is 0.562. The van der Waals surface area contributed by atoms with Gasteiger partial charge in [0, 0.05) is 13.1 Å². The lowest BCUT2D eigenvalue weighted by Crippen LogP contribution is -2.38. The highest BCUT2D eigenvalue weighted by Crippen LogP contribution is 2.32. The maximum atomic E-state index is 12.1. The SMILES string of the molecule is CCOC(=O)c1cccc(N)c1N1CCC(C(C)O)CC1. The maximum Gasteiger partial charge on any atom is 0.340 e. The first kappa shape index (κ1) is 15.6. The lowest BCUT2D eigenvalue weighted by atomic mass is 9.91. The highest BCUT2D eigenvalue weighted by Gasteiger charge is 2.26. The number of carbonyl (C=O) groups is 1. The monoisotopic (exact) mass is 292 g/mol. The quantitative estimate of drug-likeness (QED) is 0.656. The Labute approximate surface area is 125 Å². The summed E-state index contributed by atoms with van der Waals surface area (Å²) in [6.07, 6.45) is 1.51. The van der Waals surface area contributed by atoms with Crippen molar-refractivity contribution < 1.29 is 14.6 Å². The number of piperidine rings is 1. The second-order valence-corrected chi connectivity index (χ2v) is 5.53. The number of ether oxygens (including phenoxy) is 1. The van der Waals surface area contributed by atoms with E-state index in [4.69, 9.17) is 10.5 Å². The Balaban J connectivity index is 2.22. The molecule has 0 radical (unpaired) electrons. The van der Waals surface area contributed by atoms with E-state index in [2.05, 4.69) is 4.90 Å². The average molecular weight is 292 g/mol. The van der Waals surface area contributed by atoms with Gasteiger partial charge in [0.05, 0.1) is 29.6 Å². The summed E-state index contributed by atoms with van der Waals surface area (Å²) in [7, 11) is 0. The van der Waals surface area contributed by atoms with Gasteiger partial charge in [-0.25, -0.2) is 4.79 Å². The normalized spacial score (nSPS) is 17.6. The van der Waals surface area contributed by atoms with E-state index in [1.807, 2.05) is 6.92 Å². The van der Waals surface area contributed by atoms with E-state index >= 15 is 0 Å². The van der Waals surface area contributed by atoms with Crippen molar-refractivity contribution in [3.8, 4) is 0 Å².